The van der Waals surface area contributed by atoms with E-state index in [1.807, 2.05) is 23.9 Å². The van der Waals surface area contributed by atoms with Gasteiger partial charge in [-0.3, -0.25) is 0 Å². The molecule has 0 amide bonds. The summed E-state index contributed by atoms with van der Waals surface area (Å²) in [6, 6.07) is 8.23. The average Bonchev–Trinajstić information content (AvgIpc) is 2.73. The summed E-state index contributed by atoms with van der Waals surface area (Å²) in [5.41, 5.74) is 1.67. The Bertz CT molecular complexity index is 340. The van der Waals surface area contributed by atoms with Gasteiger partial charge in [0, 0.05) is 5.75 Å². The Kier molecular flexibility index (Phi) is 4.13. The number of methoxy groups -OCH3 is 1. The molecule has 1 aromatic carbocycles. The molecule has 3 heteroatoms. The molecular weight excluding hydrogens is 220 g/mol. The van der Waals surface area contributed by atoms with Crippen LogP contribution in [0.3, 0.4) is 0 Å². The van der Waals surface area contributed by atoms with Gasteiger partial charge in [0.2, 0.25) is 0 Å². The highest BCUT2D eigenvalue weighted by Gasteiger charge is 2.21. The van der Waals surface area contributed by atoms with Gasteiger partial charge in [-0.1, -0.05) is 19.1 Å². The van der Waals surface area contributed by atoms with Crippen LogP contribution in [0.25, 0.3) is 0 Å². The molecule has 0 N–H and O–H groups in total. The van der Waals surface area contributed by atoms with Crippen LogP contribution in [0.1, 0.15) is 18.9 Å². The lowest BCUT2D eigenvalue weighted by atomic mass is 10.2. The van der Waals surface area contributed by atoms with Crippen LogP contribution < -0.4 is 4.74 Å². The standard InChI is InChI=1S/C13H18O2S/c1-10-6-13(15-8-10)16-9-11-4-3-5-12(7-11)14-2/h3-5,7,10,13H,6,8-9H2,1-2H3/t10-,13?/m1/s1. The van der Waals surface area contributed by atoms with Crippen molar-refractivity contribution in [3.05, 3.63) is 29.8 Å². The molecule has 2 nitrogen and oxygen atoms in total. The number of hydrogen-bond acceptors (Lipinski definition) is 3. The summed E-state index contributed by atoms with van der Waals surface area (Å²) >= 11 is 1.88. The van der Waals surface area contributed by atoms with Gasteiger partial charge >= 0.3 is 0 Å². The molecule has 88 valence electrons. The minimum Gasteiger partial charge on any atom is -0.497 e. The SMILES string of the molecule is COc1cccc(CSC2C[C@@H](C)CO2)c1. The van der Waals surface area contributed by atoms with Crippen molar-refractivity contribution in [2.75, 3.05) is 13.7 Å². The Morgan fingerprint density at radius 3 is 3.06 bits per heavy atom. The maximum atomic E-state index is 5.68. The second-order valence-electron chi connectivity index (χ2n) is 4.27. The summed E-state index contributed by atoms with van der Waals surface area (Å²) in [4.78, 5) is 0. The number of ether oxygens (including phenoxy) is 2. The van der Waals surface area contributed by atoms with Crippen molar-refractivity contribution in [3.63, 3.8) is 0 Å². The summed E-state index contributed by atoms with van der Waals surface area (Å²) in [7, 11) is 1.70. The normalized spacial score (nSPS) is 24.6. The van der Waals surface area contributed by atoms with Crippen molar-refractivity contribution in [2.45, 2.75) is 24.5 Å². The maximum absolute atomic E-state index is 5.68. The second kappa shape index (κ2) is 5.60. The summed E-state index contributed by atoms with van der Waals surface area (Å²) in [6.45, 7) is 3.15. The molecule has 1 aliphatic rings. The molecule has 0 saturated carbocycles. The number of benzene rings is 1. The third-order valence-corrected chi connectivity index (χ3v) is 3.93. The molecule has 16 heavy (non-hydrogen) atoms. The van der Waals surface area contributed by atoms with E-state index in [1.54, 1.807) is 7.11 Å². The van der Waals surface area contributed by atoms with Crippen molar-refractivity contribution < 1.29 is 9.47 Å². The van der Waals surface area contributed by atoms with Crippen LogP contribution in [-0.2, 0) is 10.5 Å². The fraction of sp³-hybridized carbons (Fsp3) is 0.538. The Morgan fingerprint density at radius 1 is 1.50 bits per heavy atom. The van der Waals surface area contributed by atoms with Crippen molar-refractivity contribution in [1.82, 2.24) is 0 Å². The molecule has 1 unspecified atom stereocenters. The number of rotatable bonds is 4. The van der Waals surface area contributed by atoms with E-state index in [9.17, 15) is 0 Å². The predicted molar refractivity (Wildman–Crippen MR) is 67.8 cm³/mol. The Balaban J connectivity index is 1.84. The summed E-state index contributed by atoms with van der Waals surface area (Å²) in [5, 5.41) is 0. The van der Waals surface area contributed by atoms with Crippen molar-refractivity contribution in [3.8, 4) is 5.75 Å². The van der Waals surface area contributed by atoms with Crippen LogP contribution in [0.5, 0.6) is 5.75 Å². The molecule has 1 aromatic rings. The Morgan fingerprint density at radius 2 is 2.38 bits per heavy atom. The van der Waals surface area contributed by atoms with Crippen LogP contribution in [0.15, 0.2) is 24.3 Å². The quantitative estimate of drug-likeness (QED) is 0.801. The first-order chi connectivity index (χ1) is 7.78. The van der Waals surface area contributed by atoms with E-state index in [4.69, 9.17) is 9.47 Å². The van der Waals surface area contributed by atoms with Crippen LogP contribution in [-0.4, -0.2) is 19.2 Å². The van der Waals surface area contributed by atoms with Crippen LogP contribution in [0.4, 0.5) is 0 Å². The molecule has 2 rings (SSSR count). The highest BCUT2D eigenvalue weighted by Crippen LogP contribution is 2.30. The fourth-order valence-electron chi connectivity index (χ4n) is 1.80. The minimum atomic E-state index is 0.376. The van der Waals surface area contributed by atoms with Gasteiger partial charge in [0.25, 0.3) is 0 Å². The van der Waals surface area contributed by atoms with Gasteiger partial charge in [0.05, 0.1) is 13.7 Å². The van der Waals surface area contributed by atoms with Crippen LogP contribution in [0, 0.1) is 5.92 Å². The van der Waals surface area contributed by atoms with E-state index in [0.717, 1.165) is 18.1 Å². The minimum absolute atomic E-state index is 0.376. The van der Waals surface area contributed by atoms with Crippen LogP contribution in [0.2, 0.25) is 0 Å². The summed E-state index contributed by atoms with van der Waals surface area (Å²) < 4.78 is 10.9. The highest BCUT2D eigenvalue weighted by atomic mass is 32.2. The number of thioether (sulfide) groups is 1. The lowest BCUT2D eigenvalue weighted by molar-refractivity contribution is 0.166. The molecule has 2 atom stereocenters. The molecule has 0 radical (unpaired) electrons. The van der Waals surface area contributed by atoms with Crippen LogP contribution >= 0.6 is 11.8 Å². The zero-order valence-electron chi connectivity index (χ0n) is 9.81. The number of hydrogen-bond donors (Lipinski definition) is 0. The van der Waals surface area contributed by atoms with Gasteiger partial charge in [0.15, 0.2) is 0 Å². The predicted octanol–water partition coefficient (Wildman–Crippen LogP) is 3.31. The zero-order valence-corrected chi connectivity index (χ0v) is 10.6. The molecule has 0 bridgehead atoms. The third-order valence-electron chi connectivity index (χ3n) is 2.73. The molecule has 1 fully saturated rings. The monoisotopic (exact) mass is 238 g/mol. The van der Waals surface area contributed by atoms with Crippen molar-refractivity contribution in [2.24, 2.45) is 5.92 Å². The summed E-state index contributed by atoms with van der Waals surface area (Å²) in [6.07, 6.45) is 1.18. The molecule has 1 aliphatic heterocycles. The first-order valence-corrected chi connectivity index (χ1v) is 6.69. The largest absolute Gasteiger partial charge is 0.497 e. The fourth-order valence-corrected chi connectivity index (χ4v) is 3.00. The first-order valence-electron chi connectivity index (χ1n) is 5.64. The lowest BCUT2D eigenvalue weighted by Gasteiger charge is -2.09. The zero-order chi connectivity index (χ0) is 11.4. The van der Waals surface area contributed by atoms with Gasteiger partial charge in [-0.15, -0.1) is 11.8 Å². The van der Waals surface area contributed by atoms with E-state index >= 15 is 0 Å². The maximum Gasteiger partial charge on any atom is 0.119 e. The lowest BCUT2D eigenvalue weighted by Crippen LogP contribution is -1.99. The van der Waals surface area contributed by atoms with Gasteiger partial charge in [-0.2, -0.15) is 0 Å². The molecule has 1 saturated heterocycles. The van der Waals surface area contributed by atoms with E-state index in [-0.39, 0.29) is 0 Å². The highest BCUT2D eigenvalue weighted by molar-refractivity contribution is 7.99. The molecule has 0 aromatic heterocycles. The smallest absolute Gasteiger partial charge is 0.119 e. The van der Waals surface area contributed by atoms with Gasteiger partial charge in [0.1, 0.15) is 11.2 Å². The van der Waals surface area contributed by atoms with E-state index in [1.165, 1.54) is 12.0 Å². The Labute approximate surface area is 101 Å². The van der Waals surface area contributed by atoms with E-state index in [0.29, 0.717) is 11.4 Å². The van der Waals surface area contributed by atoms with Gasteiger partial charge in [-0.25, -0.2) is 0 Å². The molecule has 0 spiro atoms. The summed E-state index contributed by atoms with van der Waals surface area (Å²) in [5.74, 6) is 2.64. The van der Waals surface area contributed by atoms with Gasteiger partial charge < -0.3 is 9.47 Å². The average molecular weight is 238 g/mol. The molecular formula is C13H18O2S. The van der Waals surface area contributed by atoms with Crippen molar-refractivity contribution >= 4 is 11.8 Å². The topological polar surface area (TPSA) is 18.5 Å². The Hall–Kier alpha value is -0.670. The van der Waals surface area contributed by atoms with E-state index in [2.05, 4.69) is 19.1 Å². The van der Waals surface area contributed by atoms with Crippen molar-refractivity contribution in [1.29, 1.82) is 0 Å². The molecule has 0 aliphatic carbocycles. The first kappa shape index (κ1) is 11.8. The van der Waals surface area contributed by atoms with E-state index < -0.39 is 0 Å². The second-order valence-corrected chi connectivity index (χ2v) is 5.41. The molecule has 1 heterocycles. The van der Waals surface area contributed by atoms with Gasteiger partial charge in [-0.05, 0) is 30.0 Å². The third kappa shape index (κ3) is 3.16.